The van der Waals surface area contributed by atoms with Gasteiger partial charge in [0.1, 0.15) is 0 Å². The van der Waals surface area contributed by atoms with Gasteiger partial charge in [0.25, 0.3) is 0 Å². The van der Waals surface area contributed by atoms with Crippen LogP contribution in [0.25, 0.3) is 10.8 Å². The van der Waals surface area contributed by atoms with Crippen molar-refractivity contribution in [3.63, 3.8) is 0 Å². The van der Waals surface area contributed by atoms with Crippen LogP contribution in [0, 0.1) is 6.92 Å². The van der Waals surface area contributed by atoms with Crippen molar-refractivity contribution in [2.75, 3.05) is 0 Å². The smallest absolute Gasteiger partial charge is 0.0948 e. The molecule has 3 aromatic rings. The van der Waals surface area contributed by atoms with Gasteiger partial charge in [-0.15, -0.1) is 22.9 Å². The molecule has 0 saturated carbocycles. The van der Waals surface area contributed by atoms with Gasteiger partial charge in [0.2, 0.25) is 0 Å². The van der Waals surface area contributed by atoms with Gasteiger partial charge in [-0.2, -0.15) is 0 Å². The van der Waals surface area contributed by atoms with Gasteiger partial charge >= 0.3 is 0 Å². The third kappa shape index (κ3) is 2.03. The zero-order chi connectivity index (χ0) is 14.6. The number of benzene rings is 2. The largest absolute Gasteiger partial charge is 0.145 e. The van der Waals surface area contributed by atoms with E-state index in [0.29, 0.717) is 0 Å². The fourth-order valence-corrected chi connectivity index (χ4v) is 5.06. The summed E-state index contributed by atoms with van der Waals surface area (Å²) in [5, 5.41) is 5.40. The van der Waals surface area contributed by atoms with Crippen LogP contribution in [0.2, 0.25) is 5.02 Å². The molecule has 2 aromatic carbocycles. The van der Waals surface area contributed by atoms with Gasteiger partial charge in [-0.3, -0.25) is 0 Å². The Hall–Kier alpha value is -1.02. The Labute approximate surface area is 138 Å². The summed E-state index contributed by atoms with van der Waals surface area (Å²) in [5.74, 6) is 0. The van der Waals surface area contributed by atoms with Gasteiger partial charge in [-0.1, -0.05) is 41.9 Å². The third-order valence-electron chi connectivity index (χ3n) is 4.34. The molecule has 0 spiro atoms. The van der Waals surface area contributed by atoms with Crippen molar-refractivity contribution < 1.29 is 0 Å². The molecule has 0 aliphatic heterocycles. The van der Waals surface area contributed by atoms with Crippen LogP contribution in [-0.2, 0) is 12.8 Å². The van der Waals surface area contributed by atoms with Gasteiger partial charge in [0.05, 0.1) is 10.4 Å². The molecule has 0 bridgehead atoms. The van der Waals surface area contributed by atoms with E-state index in [4.69, 9.17) is 23.2 Å². The maximum atomic E-state index is 6.78. The normalized spacial score (nSPS) is 14.8. The summed E-state index contributed by atoms with van der Waals surface area (Å²) in [7, 11) is 0. The molecule has 0 amide bonds. The first-order chi connectivity index (χ1) is 10.2. The van der Waals surface area contributed by atoms with Crippen molar-refractivity contribution in [2.45, 2.75) is 25.1 Å². The van der Waals surface area contributed by atoms with Crippen LogP contribution in [0.5, 0.6) is 0 Å². The molecule has 0 radical (unpaired) electrons. The quantitative estimate of drug-likeness (QED) is 0.483. The lowest BCUT2D eigenvalue weighted by molar-refractivity contribution is 1.02. The first-order valence-corrected chi connectivity index (χ1v) is 8.77. The van der Waals surface area contributed by atoms with Crippen molar-refractivity contribution in [2.24, 2.45) is 0 Å². The molecule has 21 heavy (non-hydrogen) atoms. The van der Waals surface area contributed by atoms with Crippen molar-refractivity contribution in [3.8, 4) is 0 Å². The zero-order valence-electron chi connectivity index (χ0n) is 11.6. The number of hydrogen-bond acceptors (Lipinski definition) is 1. The van der Waals surface area contributed by atoms with Crippen molar-refractivity contribution in [3.05, 3.63) is 67.9 Å². The molecule has 4 rings (SSSR count). The molecular weight excluding hydrogens is 319 g/mol. The first-order valence-electron chi connectivity index (χ1n) is 7.07. The molecular formula is C18H14Cl2S. The van der Waals surface area contributed by atoms with E-state index in [-0.39, 0.29) is 5.38 Å². The fraction of sp³-hybridized carbons (Fsp3) is 0.222. The molecule has 1 unspecified atom stereocenters. The maximum Gasteiger partial charge on any atom is 0.0948 e. The summed E-state index contributed by atoms with van der Waals surface area (Å²) in [6, 6.07) is 11.0. The number of hydrogen-bond donors (Lipinski definition) is 0. The van der Waals surface area contributed by atoms with E-state index in [1.807, 2.05) is 6.92 Å². The second-order valence-corrected chi connectivity index (χ2v) is 7.34. The van der Waals surface area contributed by atoms with Crippen LogP contribution >= 0.6 is 34.5 Å². The lowest BCUT2D eigenvalue weighted by atomic mass is 9.97. The minimum atomic E-state index is -0.180. The average Bonchev–Trinajstić information content (AvgIpc) is 3.06. The summed E-state index contributed by atoms with van der Waals surface area (Å²) in [6.45, 7) is 2.03. The molecule has 106 valence electrons. The van der Waals surface area contributed by atoms with Gasteiger partial charge in [0, 0.05) is 4.88 Å². The second kappa shape index (κ2) is 5.01. The summed E-state index contributed by atoms with van der Waals surface area (Å²) < 4.78 is 0. The Morgan fingerprint density at radius 1 is 1.10 bits per heavy atom. The van der Waals surface area contributed by atoms with E-state index in [1.165, 1.54) is 27.5 Å². The maximum absolute atomic E-state index is 6.78. The fourth-order valence-electron chi connectivity index (χ4n) is 3.25. The molecule has 1 heterocycles. The number of rotatable bonds is 2. The molecule has 1 atom stereocenters. The van der Waals surface area contributed by atoms with Gasteiger partial charge in [-0.05, 0) is 58.2 Å². The van der Waals surface area contributed by atoms with Crippen molar-refractivity contribution in [1.29, 1.82) is 0 Å². The highest BCUT2D eigenvalue weighted by molar-refractivity contribution is 7.11. The number of aryl methyl sites for hydroxylation is 3. The summed E-state index contributed by atoms with van der Waals surface area (Å²) in [6.07, 6.45) is 2.28. The van der Waals surface area contributed by atoms with E-state index in [1.54, 1.807) is 11.3 Å². The highest BCUT2D eigenvalue weighted by Gasteiger charge is 2.22. The van der Waals surface area contributed by atoms with Gasteiger partial charge < -0.3 is 0 Å². The Bertz CT molecular complexity index is 838. The number of alkyl halides is 1. The number of halogens is 2. The lowest BCUT2D eigenvalue weighted by Crippen LogP contribution is -1.94. The first kappa shape index (κ1) is 13.6. The minimum Gasteiger partial charge on any atom is -0.145 e. The van der Waals surface area contributed by atoms with Crippen molar-refractivity contribution in [1.82, 2.24) is 0 Å². The second-order valence-electron chi connectivity index (χ2n) is 5.61. The Kier molecular flexibility index (Phi) is 3.25. The minimum absolute atomic E-state index is 0.180. The molecule has 1 aliphatic carbocycles. The zero-order valence-corrected chi connectivity index (χ0v) is 13.9. The highest BCUT2D eigenvalue weighted by atomic mass is 35.5. The number of thiophene rings is 1. The SMILES string of the molecule is Cc1csc(C(Cl)c2ccc3c4c(cccc24)CC3)c1Cl. The Morgan fingerprint density at radius 2 is 1.86 bits per heavy atom. The van der Waals surface area contributed by atoms with E-state index >= 15 is 0 Å². The van der Waals surface area contributed by atoms with Crippen LogP contribution in [0.4, 0.5) is 0 Å². The summed E-state index contributed by atoms with van der Waals surface area (Å²) >= 11 is 14.8. The van der Waals surface area contributed by atoms with E-state index < -0.39 is 0 Å². The Morgan fingerprint density at radius 3 is 2.57 bits per heavy atom. The van der Waals surface area contributed by atoms with Crippen LogP contribution in [0.1, 0.15) is 32.5 Å². The van der Waals surface area contributed by atoms with E-state index in [2.05, 4.69) is 35.7 Å². The van der Waals surface area contributed by atoms with Crippen LogP contribution < -0.4 is 0 Å². The monoisotopic (exact) mass is 332 g/mol. The summed E-state index contributed by atoms with van der Waals surface area (Å²) in [5.41, 5.74) is 5.17. The molecule has 0 saturated heterocycles. The topological polar surface area (TPSA) is 0 Å². The van der Waals surface area contributed by atoms with E-state index in [9.17, 15) is 0 Å². The molecule has 1 aromatic heterocycles. The van der Waals surface area contributed by atoms with E-state index in [0.717, 1.165) is 28.3 Å². The van der Waals surface area contributed by atoms with Crippen LogP contribution in [0.15, 0.2) is 35.7 Å². The van der Waals surface area contributed by atoms with Crippen LogP contribution in [-0.4, -0.2) is 0 Å². The molecule has 0 nitrogen and oxygen atoms in total. The average molecular weight is 333 g/mol. The predicted molar refractivity (Wildman–Crippen MR) is 93.1 cm³/mol. The summed E-state index contributed by atoms with van der Waals surface area (Å²) in [4.78, 5) is 1.05. The highest BCUT2D eigenvalue weighted by Crippen LogP contribution is 2.43. The standard InChI is InChI=1S/C18H14Cl2S/c1-10-9-21-18(16(10)19)17(20)14-8-7-12-6-5-11-3-2-4-13(14)15(11)12/h2-4,7-9,17H,5-6H2,1H3. The van der Waals surface area contributed by atoms with Crippen molar-refractivity contribution >= 4 is 45.3 Å². The van der Waals surface area contributed by atoms with Gasteiger partial charge in [-0.25, -0.2) is 0 Å². The lowest BCUT2D eigenvalue weighted by Gasteiger charge is -2.14. The third-order valence-corrected chi connectivity index (χ3v) is 6.70. The molecule has 0 fully saturated rings. The van der Waals surface area contributed by atoms with Crippen LogP contribution in [0.3, 0.4) is 0 Å². The Balaban J connectivity index is 1.94. The molecule has 0 N–H and O–H groups in total. The predicted octanol–water partition coefficient (Wildman–Crippen LogP) is 6.29. The van der Waals surface area contributed by atoms with Gasteiger partial charge in [0.15, 0.2) is 0 Å². The molecule has 1 aliphatic rings. The molecule has 3 heteroatoms.